The van der Waals surface area contributed by atoms with Crippen molar-refractivity contribution >= 4 is 34.6 Å². The Morgan fingerprint density at radius 2 is 1.95 bits per heavy atom. The number of anilines is 3. The summed E-state index contributed by atoms with van der Waals surface area (Å²) in [5.74, 6) is -0.0897. The Morgan fingerprint density at radius 3 is 2.76 bits per heavy atom. The zero-order valence-electron chi connectivity index (χ0n) is 11.9. The van der Waals surface area contributed by atoms with Crippen molar-refractivity contribution in [1.29, 1.82) is 0 Å². The van der Waals surface area contributed by atoms with E-state index in [0.29, 0.717) is 10.6 Å². The van der Waals surface area contributed by atoms with E-state index >= 15 is 0 Å². The summed E-state index contributed by atoms with van der Waals surface area (Å²) < 4.78 is 0. The minimum absolute atomic E-state index is 0.0897. The molecule has 1 N–H and O–H groups in total. The number of carbonyl (C=O) groups excluding carboxylic acids is 1. The lowest BCUT2D eigenvalue weighted by atomic mass is 10.1. The highest BCUT2D eigenvalue weighted by Crippen LogP contribution is 2.39. The molecule has 1 amide bonds. The molecule has 0 spiro atoms. The number of benzene rings is 2. The third-order valence-corrected chi connectivity index (χ3v) is 3.91. The van der Waals surface area contributed by atoms with Crippen molar-refractivity contribution in [2.24, 2.45) is 0 Å². The zero-order valence-corrected chi connectivity index (χ0v) is 12.7. The van der Waals surface area contributed by atoms with Gasteiger partial charge in [0, 0.05) is 11.6 Å². The molecule has 0 bridgehead atoms. The molecule has 0 unspecified atom stereocenters. The van der Waals surface area contributed by atoms with Crippen LogP contribution in [0, 0.1) is 0 Å². The summed E-state index contributed by atoms with van der Waals surface area (Å²) in [6.07, 6.45) is 2.16. The summed E-state index contributed by atoms with van der Waals surface area (Å²) in [5, 5.41) is 3.58. The van der Waals surface area contributed by atoms with Gasteiger partial charge in [-0.05, 0) is 36.8 Å². The van der Waals surface area contributed by atoms with Crippen LogP contribution in [0.15, 0.2) is 42.5 Å². The largest absolute Gasteiger partial charge is 0.339 e. The first-order valence-electron chi connectivity index (χ1n) is 7.18. The number of fused-ring (bicyclic) bond motifs is 2. The molecular weight excluding hydrogens is 284 g/mol. The lowest BCUT2D eigenvalue weighted by Crippen LogP contribution is -2.19. The van der Waals surface area contributed by atoms with Gasteiger partial charge in [-0.25, -0.2) is 0 Å². The van der Waals surface area contributed by atoms with E-state index in [-0.39, 0.29) is 5.91 Å². The highest BCUT2D eigenvalue weighted by Gasteiger charge is 2.24. The van der Waals surface area contributed by atoms with Gasteiger partial charge in [0.2, 0.25) is 0 Å². The fourth-order valence-electron chi connectivity index (χ4n) is 2.62. The molecule has 0 saturated carbocycles. The highest BCUT2D eigenvalue weighted by atomic mass is 35.5. The van der Waals surface area contributed by atoms with E-state index in [1.165, 1.54) is 0 Å². The summed E-state index contributed by atoms with van der Waals surface area (Å²) in [6.45, 7) is 3.03. The van der Waals surface area contributed by atoms with Gasteiger partial charge in [0.05, 0.1) is 22.6 Å². The molecule has 21 heavy (non-hydrogen) atoms. The molecule has 3 rings (SSSR count). The SMILES string of the molecule is CCCCN1c2ccc(Cl)cc2NC(=O)c2ccccc21. The summed E-state index contributed by atoms with van der Waals surface area (Å²) in [5.41, 5.74) is 3.40. The molecule has 2 aromatic rings. The first-order valence-corrected chi connectivity index (χ1v) is 7.56. The molecule has 1 aliphatic heterocycles. The van der Waals surface area contributed by atoms with Crippen molar-refractivity contribution in [3.05, 3.63) is 53.1 Å². The third kappa shape index (κ3) is 2.61. The van der Waals surface area contributed by atoms with Gasteiger partial charge in [-0.1, -0.05) is 37.1 Å². The van der Waals surface area contributed by atoms with Crippen LogP contribution in [0.1, 0.15) is 30.1 Å². The number of amides is 1. The predicted molar refractivity (Wildman–Crippen MR) is 87.8 cm³/mol. The normalized spacial score (nSPS) is 13.2. The molecule has 0 aromatic heterocycles. The van der Waals surface area contributed by atoms with Crippen LogP contribution >= 0.6 is 11.6 Å². The predicted octanol–water partition coefficient (Wildman–Crippen LogP) is 4.84. The average Bonchev–Trinajstić information content (AvgIpc) is 2.60. The van der Waals surface area contributed by atoms with E-state index in [9.17, 15) is 4.79 Å². The Balaban J connectivity index is 2.16. The molecule has 0 atom stereocenters. The maximum absolute atomic E-state index is 12.4. The molecule has 4 heteroatoms. The third-order valence-electron chi connectivity index (χ3n) is 3.67. The number of unbranched alkanes of at least 4 members (excludes halogenated alkanes) is 1. The Hall–Kier alpha value is -2.00. The standard InChI is InChI=1S/C17H17ClN2O/c1-2-3-10-20-15-7-5-4-6-13(15)17(21)19-14-11-12(18)8-9-16(14)20/h4-9,11H,2-3,10H2,1H3,(H,19,21). The highest BCUT2D eigenvalue weighted by molar-refractivity contribution is 6.31. The second-order valence-corrected chi connectivity index (χ2v) is 5.57. The first-order chi connectivity index (χ1) is 10.2. The molecule has 1 heterocycles. The average molecular weight is 301 g/mol. The smallest absolute Gasteiger partial charge is 0.257 e. The van der Waals surface area contributed by atoms with Crippen molar-refractivity contribution in [2.45, 2.75) is 19.8 Å². The second-order valence-electron chi connectivity index (χ2n) is 5.14. The van der Waals surface area contributed by atoms with Crippen molar-refractivity contribution in [2.75, 3.05) is 16.8 Å². The van der Waals surface area contributed by atoms with E-state index in [2.05, 4.69) is 17.1 Å². The molecular formula is C17H17ClN2O. The van der Waals surface area contributed by atoms with Gasteiger partial charge in [-0.3, -0.25) is 4.79 Å². The Labute approximate surface area is 129 Å². The fraction of sp³-hybridized carbons (Fsp3) is 0.235. The van der Waals surface area contributed by atoms with Crippen LogP contribution in [0.4, 0.5) is 17.1 Å². The molecule has 0 radical (unpaired) electrons. The van der Waals surface area contributed by atoms with E-state index in [1.54, 1.807) is 6.07 Å². The summed E-state index contributed by atoms with van der Waals surface area (Å²) in [6, 6.07) is 13.3. The monoisotopic (exact) mass is 300 g/mol. The van der Waals surface area contributed by atoms with Gasteiger partial charge < -0.3 is 10.2 Å². The summed E-state index contributed by atoms with van der Waals surface area (Å²) in [4.78, 5) is 14.6. The number of rotatable bonds is 3. The number of nitrogens with zero attached hydrogens (tertiary/aromatic N) is 1. The Morgan fingerprint density at radius 1 is 1.14 bits per heavy atom. The van der Waals surface area contributed by atoms with Gasteiger partial charge in [-0.2, -0.15) is 0 Å². The molecule has 0 fully saturated rings. The van der Waals surface area contributed by atoms with Crippen molar-refractivity contribution < 1.29 is 4.79 Å². The van der Waals surface area contributed by atoms with Gasteiger partial charge in [0.25, 0.3) is 5.91 Å². The van der Waals surface area contributed by atoms with Gasteiger partial charge in [0.1, 0.15) is 0 Å². The maximum atomic E-state index is 12.4. The first kappa shape index (κ1) is 14.0. The molecule has 1 aliphatic rings. The number of hydrogen-bond donors (Lipinski definition) is 1. The van der Waals surface area contributed by atoms with Crippen LogP contribution in [0.2, 0.25) is 5.02 Å². The van der Waals surface area contributed by atoms with Crippen LogP contribution in [-0.2, 0) is 0 Å². The summed E-state index contributed by atoms with van der Waals surface area (Å²) >= 11 is 6.07. The molecule has 3 nitrogen and oxygen atoms in total. The van der Waals surface area contributed by atoms with Gasteiger partial charge >= 0.3 is 0 Å². The van der Waals surface area contributed by atoms with Crippen molar-refractivity contribution in [1.82, 2.24) is 0 Å². The number of nitrogens with one attached hydrogen (secondary N) is 1. The number of carbonyl (C=O) groups is 1. The van der Waals surface area contributed by atoms with Crippen molar-refractivity contribution in [3.63, 3.8) is 0 Å². The zero-order chi connectivity index (χ0) is 14.8. The lowest BCUT2D eigenvalue weighted by Gasteiger charge is -2.25. The Bertz CT molecular complexity index is 684. The van der Waals surface area contributed by atoms with Crippen LogP contribution in [-0.4, -0.2) is 12.5 Å². The van der Waals surface area contributed by atoms with Gasteiger partial charge in [0.15, 0.2) is 0 Å². The van der Waals surface area contributed by atoms with Gasteiger partial charge in [-0.15, -0.1) is 0 Å². The van der Waals surface area contributed by atoms with Crippen LogP contribution in [0.25, 0.3) is 0 Å². The molecule has 0 aliphatic carbocycles. The quantitative estimate of drug-likeness (QED) is 0.879. The van der Waals surface area contributed by atoms with E-state index < -0.39 is 0 Å². The van der Waals surface area contributed by atoms with E-state index in [4.69, 9.17) is 11.6 Å². The Kier molecular flexibility index (Phi) is 3.84. The summed E-state index contributed by atoms with van der Waals surface area (Å²) in [7, 11) is 0. The number of hydrogen-bond acceptors (Lipinski definition) is 2. The topological polar surface area (TPSA) is 32.3 Å². The number of halogens is 1. The maximum Gasteiger partial charge on any atom is 0.257 e. The lowest BCUT2D eigenvalue weighted by molar-refractivity contribution is 0.102. The second kappa shape index (κ2) is 5.78. The van der Waals surface area contributed by atoms with Crippen LogP contribution in [0.5, 0.6) is 0 Å². The van der Waals surface area contributed by atoms with E-state index in [1.807, 2.05) is 36.4 Å². The van der Waals surface area contributed by atoms with Crippen LogP contribution in [0.3, 0.4) is 0 Å². The molecule has 2 aromatic carbocycles. The molecule has 108 valence electrons. The van der Waals surface area contributed by atoms with E-state index in [0.717, 1.165) is 36.4 Å². The fourth-order valence-corrected chi connectivity index (χ4v) is 2.79. The van der Waals surface area contributed by atoms with Crippen molar-refractivity contribution in [3.8, 4) is 0 Å². The van der Waals surface area contributed by atoms with Crippen LogP contribution < -0.4 is 10.2 Å². The minimum atomic E-state index is -0.0897. The number of para-hydroxylation sites is 1. The molecule has 0 saturated heterocycles. The minimum Gasteiger partial charge on any atom is -0.339 e.